The third kappa shape index (κ3) is 1.84. The fourth-order valence-corrected chi connectivity index (χ4v) is 4.81. The molecule has 0 saturated heterocycles. The van der Waals surface area contributed by atoms with Crippen molar-refractivity contribution in [2.75, 3.05) is 0 Å². The molecule has 0 radical (unpaired) electrons. The Kier molecular flexibility index (Phi) is 3.35. The molecule has 0 aromatic carbocycles. The summed E-state index contributed by atoms with van der Waals surface area (Å²) in [6, 6.07) is 0. The van der Waals surface area contributed by atoms with Gasteiger partial charge in [0.05, 0.1) is 5.60 Å². The number of hydrogen-bond donors (Lipinski definition) is 1. The second-order valence-corrected chi connectivity index (χ2v) is 7.71. The second-order valence-electron chi connectivity index (χ2n) is 7.71. The van der Waals surface area contributed by atoms with Crippen molar-refractivity contribution in [1.82, 2.24) is 0 Å². The van der Waals surface area contributed by atoms with Gasteiger partial charge in [0.2, 0.25) is 0 Å². The summed E-state index contributed by atoms with van der Waals surface area (Å²) >= 11 is 0. The Morgan fingerprint density at radius 3 is 2.28 bits per heavy atom. The fourth-order valence-electron chi connectivity index (χ4n) is 4.81. The molecule has 2 fully saturated rings. The Morgan fingerprint density at radius 1 is 1.11 bits per heavy atom. The number of aliphatic hydroxyl groups is 1. The van der Waals surface area contributed by atoms with Crippen LogP contribution in [0, 0.1) is 22.7 Å². The molecular weight excluding hydrogens is 224 g/mol. The van der Waals surface area contributed by atoms with Crippen molar-refractivity contribution >= 4 is 0 Å². The van der Waals surface area contributed by atoms with Crippen molar-refractivity contribution in [3.63, 3.8) is 0 Å². The van der Waals surface area contributed by atoms with Gasteiger partial charge in [-0.25, -0.2) is 0 Å². The van der Waals surface area contributed by atoms with Gasteiger partial charge in [0.15, 0.2) is 6.29 Å². The summed E-state index contributed by atoms with van der Waals surface area (Å²) in [7, 11) is 0. The lowest BCUT2D eigenvalue weighted by molar-refractivity contribution is -0.250. The Hall–Kier alpha value is -0.0800. The van der Waals surface area contributed by atoms with Crippen molar-refractivity contribution in [1.29, 1.82) is 0 Å². The van der Waals surface area contributed by atoms with E-state index in [4.69, 9.17) is 4.74 Å². The van der Waals surface area contributed by atoms with Gasteiger partial charge in [0, 0.05) is 0 Å². The molecule has 18 heavy (non-hydrogen) atoms. The van der Waals surface area contributed by atoms with Crippen LogP contribution in [0.1, 0.15) is 67.2 Å². The number of hydrogen-bond acceptors (Lipinski definition) is 2. The normalized spacial score (nSPS) is 48.8. The lowest BCUT2D eigenvalue weighted by atomic mass is 9.51. The van der Waals surface area contributed by atoms with E-state index in [0.717, 1.165) is 12.3 Å². The van der Waals surface area contributed by atoms with E-state index in [2.05, 4.69) is 34.6 Å². The SMILES string of the molecule is CC(O)O[C@@]1(C)CC[C@]2(C)C(C)CCC2C1(C)C. The van der Waals surface area contributed by atoms with Crippen molar-refractivity contribution < 1.29 is 9.84 Å². The summed E-state index contributed by atoms with van der Waals surface area (Å²) in [5.74, 6) is 1.52. The molecule has 2 aliphatic rings. The van der Waals surface area contributed by atoms with Gasteiger partial charge in [-0.3, -0.25) is 0 Å². The highest BCUT2D eigenvalue weighted by Gasteiger charge is 2.61. The van der Waals surface area contributed by atoms with Crippen LogP contribution in [0.25, 0.3) is 0 Å². The first-order valence-corrected chi connectivity index (χ1v) is 7.49. The van der Waals surface area contributed by atoms with Crippen molar-refractivity contribution in [2.24, 2.45) is 22.7 Å². The fraction of sp³-hybridized carbons (Fsp3) is 1.00. The zero-order valence-corrected chi connectivity index (χ0v) is 12.9. The van der Waals surface area contributed by atoms with Crippen molar-refractivity contribution in [3.8, 4) is 0 Å². The van der Waals surface area contributed by atoms with Gasteiger partial charge in [0.1, 0.15) is 0 Å². The molecule has 5 atom stereocenters. The minimum atomic E-state index is -0.669. The first kappa shape index (κ1) is 14.3. The van der Waals surface area contributed by atoms with Crippen LogP contribution in [0.2, 0.25) is 0 Å². The van der Waals surface area contributed by atoms with Gasteiger partial charge in [-0.2, -0.15) is 0 Å². The molecule has 0 heterocycles. The summed E-state index contributed by atoms with van der Waals surface area (Å²) < 4.78 is 5.94. The van der Waals surface area contributed by atoms with Crippen LogP contribution >= 0.6 is 0 Å². The lowest BCUT2D eigenvalue weighted by Gasteiger charge is -2.58. The molecule has 0 aromatic rings. The molecule has 2 aliphatic carbocycles. The van der Waals surface area contributed by atoms with E-state index in [1.807, 2.05) is 0 Å². The summed E-state index contributed by atoms with van der Waals surface area (Å²) in [6.07, 6.45) is 4.27. The molecule has 2 heteroatoms. The molecule has 3 unspecified atom stereocenters. The van der Waals surface area contributed by atoms with E-state index in [-0.39, 0.29) is 11.0 Å². The van der Waals surface area contributed by atoms with Crippen LogP contribution in [-0.4, -0.2) is 17.0 Å². The largest absolute Gasteiger partial charge is 0.368 e. The number of fused-ring (bicyclic) bond motifs is 1. The quantitative estimate of drug-likeness (QED) is 0.755. The highest BCUT2D eigenvalue weighted by molar-refractivity contribution is 5.10. The van der Waals surface area contributed by atoms with Crippen molar-refractivity contribution in [3.05, 3.63) is 0 Å². The van der Waals surface area contributed by atoms with Gasteiger partial charge >= 0.3 is 0 Å². The maximum absolute atomic E-state index is 9.64. The van der Waals surface area contributed by atoms with Crippen LogP contribution in [-0.2, 0) is 4.74 Å². The topological polar surface area (TPSA) is 29.5 Å². The maximum Gasteiger partial charge on any atom is 0.152 e. The molecule has 1 N–H and O–H groups in total. The van der Waals surface area contributed by atoms with Gasteiger partial charge in [0.25, 0.3) is 0 Å². The average molecular weight is 254 g/mol. The standard InChI is InChI=1S/C16H30O2/c1-11-7-8-13-14(3,4)16(6,18-12(2)17)10-9-15(11,13)5/h11-13,17H,7-10H2,1-6H3/t11?,12?,13?,15-,16+/m1/s1. The van der Waals surface area contributed by atoms with Crippen LogP contribution < -0.4 is 0 Å². The van der Waals surface area contributed by atoms with Crippen molar-refractivity contribution in [2.45, 2.75) is 79.1 Å². The van der Waals surface area contributed by atoms with E-state index in [9.17, 15) is 5.11 Å². The minimum absolute atomic E-state index is 0.127. The molecule has 2 saturated carbocycles. The third-order valence-electron chi connectivity index (χ3n) is 6.62. The summed E-state index contributed by atoms with van der Waals surface area (Å²) in [4.78, 5) is 0. The summed E-state index contributed by atoms with van der Waals surface area (Å²) in [5, 5.41) is 9.64. The first-order valence-electron chi connectivity index (χ1n) is 7.49. The Balaban J connectivity index is 2.31. The molecular formula is C16H30O2. The molecule has 0 bridgehead atoms. The zero-order valence-electron chi connectivity index (χ0n) is 12.9. The van der Waals surface area contributed by atoms with E-state index in [1.165, 1.54) is 19.3 Å². The van der Waals surface area contributed by atoms with Gasteiger partial charge in [-0.1, -0.05) is 27.7 Å². The third-order valence-corrected chi connectivity index (χ3v) is 6.62. The molecule has 0 amide bonds. The highest BCUT2D eigenvalue weighted by Crippen LogP contribution is 2.65. The average Bonchev–Trinajstić information content (AvgIpc) is 2.52. The molecule has 2 nitrogen and oxygen atoms in total. The molecule has 0 aliphatic heterocycles. The number of aliphatic hydroxyl groups excluding tert-OH is 1. The highest BCUT2D eigenvalue weighted by atomic mass is 16.6. The number of ether oxygens (including phenoxy) is 1. The first-order chi connectivity index (χ1) is 8.13. The van der Waals surface area contributed by atoms with Crippen LogP contribution in [0.5, 0.6) is 0 Å². The predicted octanol–water partition coefficient (Wildman–Crippen LogP) is 3.97. The Morgan fingerprint density at radius 2 is 1.72 bits per heavy atom. The smallest absolute Gasteiger partial charge is 0.152 e. The van der Waals surface area contributed by atoms with E-state index in [1.54, 1.807) is 6.92 Å². The van der Waals surface area contributed by atoms with E-state index >= 15 is 0 Å². The Bertz CT molecular complexity index is 323. The van der Waals surface area contributed by atoms with Gasteiger partial charge in [-0.15, -0.1) is 0 Å². The minimum Gasteiger partial charge on any atom is -0.368 e. The van der Waals surface area contributed by atoms with E-state index in [0.29, 0.717) is 11.3 Å². The van der Waals surface area contributed by atoms with Crippen LogP contribution in [0.3, 0.4) is 0 Å². The maximum atomic E-state index is 9.64. The Labute approximate surface area is 112 Å². The van der Waals surface area contributed by atoms with Gasteiger partial charge in [-0.05, 0) is 62.2 Å². The van der Waals surface area contributed by atoms with Gasteiger partial charge < -0.3 is 9.84 Å². The van der Waals surface area contributed by atoms with Crippen LogP contribution in [0.15, 0.2) is 0 Å². The molecule has 106 valence electrons. The summed E-state index contributed by atoms with van der Waals surface area (Å²) in [6.45, 7) is 13.5. The van der Waals surface area contributed by atoms with Crippen LogP contribution in [0.4, 0.5) is 0 Å². The molecule has 2 rings (SSSR count). The number of rotatable bonds is 2. The summed E-state index contributed by atoms with van der Waals surface area (Å²) in [5.41, 5.74) is 0.391. The zero-order chi connectivity index (χ0) is 13.8. The second kappa shape index (κ2) is 4.21. The molecule has 0 spiro atoms. The van der Waals surface area contributed by atoms with E-state index < -0.39 is 6.29 Å². The predicted molar refractivity (Wildman–Crippen MR) is 74.2 cm³/mol. The lowest BCUT2D eigenvalue weighted by Crippen LogP contribution is -2.57. The molecule has 0 aromatic heterocycles. The monoisotopic (exact) mass is 254 g/mol.